The summed E-state index contributed by atoms with van der Waals surface area (Å²) in [5.41, 5.74) is 3.07. The Morgan fingerprint density at radius 3 is 2.78 bits per heavy atom. The van der Waals surface area contributed by atoms with Crippen molar-refractivity contribution in [3.63, 3.8) is 0 Å². The van der Waals surface area contributed by atoms with Crippen LogP contribution in [0.15, 0.2) is 26.9 Å². The highest BCUT2D eigenvalue weighted by atomic mass is 32.2. The molecule has 0 saturated carbocycles. The van der Waals surface area contributed by atoms with Crippen LogP contribution in [-0.4, -0.2) is 27.1 Å². The Balaban J connectivity index is 1.94. The van der Waals surface area contributed by atoms with Crippen molar-refractivity contribution >= 4 is 46.5 Å². The third-order valence-corrected chi connectivity index (χ3v) is 6.56. The first-order chi connectivity index (χ1) is 11.0. The number of aryl methyl sites for hydroxylation is 2. The van der Waals surface area contributed by atoms with Crippen LogP contribution in [0.2, 0.25) is 0 Å². The summed E-state index contributed by atoms with van der Waals surface area (Å²) in [4.78, 5) is 12.4. The van der Waals surface area contributed by atoms with Crippen molar-refractivity contribution in [1.82, 2.24) is 10.2 Å². The monoisotopic (exact) mass is 367 g/mol. The molecule has 0 fully saturated rings. The first kappa shape index (κ1) is 18.3. The number of carbonyl (C=O) groups excluding carboxylic acids is 1. The predicted molar refractivity (Wildman–Crippen MR) is 101 cm³/mol. The molecule has 0 aliphatic heterocycles. The number of nitrogens with one attached hydrogen (secondary N) is 1. The summed E-state index contributed by atoms with van der Waals surface area (Å²) in [7, 11) is 0. The fourth-order valence-corrected chi connectivity index (χ4v) is 4.89. The highest BCUT2D eigenvalue weighted by Gasteiger charge is 2.18. The lowest BCUT2D eigenvalue weighted by Gasteiger charge is -2.12. The number of rotatable bonds is 7. The van der Waals surface area contributed by atoms with Crippen molar-refractivity contribution in [2.45, 2.75) is 48.0 Å². The largest absolute Gasteiger partial charge is 0.325 e. The van der Waals surface area contributed by atoms with Gasteiger partial charge in [-0.15, -0.1) is 10.2 Å². The number of thioether (sulfide) groups is 2. The molecule has 1 amide bonds. The van der Waals surface area contributed by atoms with Crippen molar-refractivity contribution in [3.8, 4) is 0 Å². The SMILES string of the molecule is CCCSc1nnc(S[C@@H](C)C(=O)Nc2cc(C)ccc2C)s1. The van der Waals surface area contributed by atoms with E-state index in [1.54, 1.807) is 23.1 Å². The summed E-state index contributed by atoms with van der Waals surface area (Å²) in [6.45, 7) is 8.05. The van der Waals surface area contributed by atoms with E-state index < -0.39 is 0 Å². The van der Waals surface area contributed by atoms with Crippen LogP contribution in [0.4, 0.5) is 5.69 Å². The van der Waals surface area contributed by atoms with Crippen LogP contribution >= 0.6 is 34.9 Å². The minimum atomic E-state index is -0.216. The molecule has 0 spiro atoms. The maximum atomic E-state index is 12.4. The normalized spacial score (nSPS) is 12.2. The minimum Gasteiger partial charge on any atom is -0.325 e. The van der Waals surface area contributed by atoms with E-state index in [0.29, 0.717) is 0 Å². The molecule has 1 heterocycles. The second-order valence-electron chi connectivity index (χ2n) is 5.25. The van der Waals surface area contributed by atoms with E-state index in [2.05, 4.69) is 22.4 Å². The van der Waals surface area contributed by atoms with E-state index in [1.165, 1.54) is 11.8 Å². The molecule has 0 bridgehead atoms. The summed E-state index contributed by atoms with van der Waals surface area (Å²) in [6.07, 6.45) is 1.11. The zero-order valence-electron chi connectivity index (χ0n) is 13.8. The number of aromatic nitrogens is 2. The molecule has 0 saturated heterocycles. The van der Waals surface area contributed by atoms with Crippen LogP contribution in [0.25, 0.3) is 0 Å². The molecule has 1 aromatic heterocycles. The lowest BCUT2D eigenvalue weighted by Crippen LogP contribution is -2.22. The van der Waals surface area contributed by atoms with Crippen molar-refractivity contribution < 1.29 is 4.79 Å². The van der Waals surface area contributed by atoms with Crippen LogP contribution in [0.3, 0.4) is 0 Å². The lowest BCUT2D eigenvalue weighted by molar-refractivity contribution is -0.115. The summed E-state index contributed by atoms with van der Waals surface area (Å²) >= 11 is 4.72. The van der Waals surface area contributed by atoms with Crippen molar-refractivity contribution in [2.75, 3.05) is 11.1 Å². The predicted octanol–water partition coefficient (Wildman–Crippen LogP) is 4.78. The zero-order valence-corrected chi connectivity index (χ0v) is 16.2. The molecule has 0 radical (unpaired) electrons. The Morgan fingerprint density at radius 2 is 2.04 bits per heavy atom. The number of hydrogen-bond donors (Lipinski definition) is 1. The number of hydrogen-bond acceptors (Lipinski definition) is 6. The van der Waals surface area contributed by atoms with Crippen molar-refractivity contribution in [2.24, 2.45) is 0 Å². The van der Waals surface area contributed by atoms with Gasteiger partial charge in [-0.1, -0.05) is 53.9 Å². The first-order valence-electron chi connectivity index (χ1n) is 7.50. The average Bonchev–Trinajstić information content (AvgIpc) is 2.96. The van der Waals surface area contributed by atoms with Gasteiger partial charge in [-0.2, -0.15) is 0 Å². The summed E-state index contributed by atoms with van der Waals surface area (Å²) in [5, 5.41) is 11.1. The van der Waals surface area contributed by atoms with E-state index >= 15 is 0 Å². The molecule has 1 N–H and O–H groups in total. The molecular weight excluding hydrogens is 346 g/mol. The summed E-state index contributed by atoms with van der Waals surface area (Å²) in [6, 6.07) is 6.06. The van der Waals surface area contributed by atoms with Crippen LogP contribution < -0.4 is 5.32 Å². The fraction of sp³-hybridized carbons (Fsp3) is 0.438. The quantitative estimate of drug-likeness (QED) is 0.714. The van der Waals surface area contributed by atoms with Gasteiger partial charge < -0.3 is 5.32 Å². The third kappa shape index (κ3) is 5.51. The van der Waals surface area contributed by atoms with Crippen LogP contribution in [-0.2, 0) is 4.79 Å². The van der Waals surface area contributed by atoms with Gasteiger partial charge >= 0.3 is 0 Å². The molecule has 124 valence electrons. The molecular formula is C16H21N3OS3. The standard InChI is InChI=1S/C16H21N3OS3/c1-5-8-21-15-18-19-16(23-15)22-12(4)14(20)17-13-9-10(2)6-7-11(13)3/h6-7,9,12H,5,8H2,1-4H3,(H,17,20)/t12-/m0/s1. The van der Waals surface area contributed by atoms with Gasteiger partial charge in [-0.25, -0.2) is 0 Å². The number of anilines is 1. The Labute approximate surface area is 149 Å². The maximum Gasteiger partial charge on any atom is 0.237 e. The van der Waals surface area contributed by atoms with Crippen LogP contribution in [0.1, 0.15) is 31.4 Å². The van der Waals surface area contributed by atoms with Crippen LogP contribution in [0, 0.1) is 13.8 Å². The van der Waals surface area contributed by atoms with Gasteiger partial charge in [-0.3, -0.25) is 4.79 Å². The molecule has 1 atom stereocenters. The lowest BCUT2D eigenvalue weighted by atomic mass is 10.1. The highest BCUT2D eigenvalue weighted by molar-refractivity contribution is 8.03. The molecule has 0 aliphatic rings. The minimum absolute atomic E-state index is 0.0124. The van der Waals surface area contributed by atoms with Gasteiger partial charge in [0, 0.05) is 11.4 Å². The molecule has 0 unspecified atom stereocenters. The highest BCUT2D eigenvalue weighted by Crippen LogP contribution is 2.32. The second kappa shape index (κ2) is 8.70. The molecule has 2 aromatic rings. The molecule has 4 nitrogen and oxygen atoms in total. The fourth-order valence-electron chi connectivity index (χ4n) is 1.80. The summed E-state index contributed by atoms with van der Waals surface area (Å²) in [5.74, 6) is 1.03. The van der Waals surface area contributed by atoms with Gasteiger partial charge in [0.1, 0.15) is 0 Å². The first-order valence-corrected chi connectivity index (χ1v) is 10.2. The van der Waals surface area contributed by atoms with Crippen LogP contribution in [0.5, 0.6) is 0 Å². The third-order valence-electron chi connectivity index (χ3n) is 3.12. The maximum absolute atomic E-state index is 12.4. The Hall–Kier alpha value is -1.05. The van der Waals surface area contributed by atoms with Gasteiger partial charge in [0.25, 0.3) is 0 Å². The van der Waals surface area contributed by atoms with E-state index in [-0.39, 0.29) is 11.2 Å². The number of amides is 1. The van der Waals surface area contributed by atoms with Crippen molar-refractivity contribution in [1.29, 1.82) is 0 Å². The molecule has 2 rings (SSSR count). The molecule has 0 aliphatic carbocycles. The second-order valence-corrected chi connectivity index (χ2v) is 9.16. The van der Waals surface area contributed by atoms with E-state index in [0.717, 1.165) is 37.7 Å². The molecule has 7 heteroatoms. The molecule has 1 aromatic carbocycles. The van der Waals surface area contributed by atoms with Gasteiger partial charge in [0.05, 0.1) is 5.25 Å². The number of nitrogens with zero attached hydrogens (tertiary/aromatic N) is 2. The van der Waals surface area contributed by atoms with Gasteiger partial charge in [0.15, 0.2) is 8.68 Å². The van der Waals surface area contributed by atoms with E-state index in [9.17, 15) is 4.79 Å². The zero-order chi connectivity index (χ0) is 16.8. The Bertz CT molecular complexity index is 672. The Kier molecular flexibility index (Phi) is 6.92. The molecule has 23 heavy (non-hydrogen) atoms. The van der Waals surface area contributed by atoms with E-state index in [4.69, 9.17) is 0 Å². The summed E-state index contributed by atoms with van der Waals surface area (Å²) < 4.78 is 1.81. The van der Waals surface area contributed by atoms with Gasteiger partial charge in [-0.05, 0) is 44.4 Å². The number of benzene rings is 1. The van der Waals surface area contributed by atoms with E-state index in [1.807, 2.05) is 39.0 Å². The van der Waals surface area contributed by atoms with Crippen molar-refractivity contribution in [3.05, 3.63) is 29.3 Å². The topological polar surface area (TPSA) is 54.9 Å². The smallest absolute Gasteiger partial charge is 0.237 e. The number of carbonyl (C=O) groups is 1. The Morgan fingerprint density at radius 1 is 1.30 bits per heavy atom. The van der Waals surface area contributed by atoms with Gasteiger partial charge in [0.2, 0.25) is 5.91 Å². The average molecular weight is 368 g/mol.